The molecule has 6 nitrogen and oxygen atoms in total. The lowest BCUT2D eigenvalue weighted by atomic mass is 9.96. The first-order valence-corrected chi connectivity index (χ1v) is 8.41. The molecule has 1 fully saturated rings. The van der Waals surface area contributed by atoms with Crippen LogP contribution in [0.15, 0.2) is 23.2 Å². The maximum absolute atomic E-state index is 13.4. The van der Waals surface area contributed by atoms with Gasteiger partial charge in [-0.1, -0.05) is 6.07 Å². The second-order valence-corrected chi connectivity index (χ2v) is 7.21. The van der Waals surface area contributed by atoms with Gasteiger partial charge in [0.2, 0.25) is 5.91 Å². The summed E-state index contributed by atoms with van der Waals surface area (Å²) in [6.07, 6.45) is 0. The third-order valence-electron chi connectivity index (χ3n) is 4.32. The second-order valence-electron chi connectivity index (χ2n) is 7.21. The Kier molecular flexibility index (Phi) is 5.55. The van der Waals surface area contributed by atoms with Crippen molar-refractivity contribution in [3.63, 3.8) is 0 Å². The van der Waals surface area contributed by atoms with E-state index in [1.165, 1.54) is 12.1 Å². The van der Waals surface area contributed by atoms with Crippen molar-refractivity contribution in [2.75, 3.05) is 20.1 Å². The van der Waals surface area contributed by atoms with E-state index < -0.39 is 5.82 Å². The summed E-state index contributed by atoms with van der Waals surface area (Å²) in [4.78, 5) is 20.6. The Balaban J connectivity index is 2.08. The molecule has 1 saturated heterocycles. The molecule has 0 unspecified atom stereocenters. The van der Waals surface area contributed by atoms with Crippen molar-refractivity contribution in [1.29, 1.82) is 0 Å². The molecule has 2 N–H and O–H groups in total. The molecular formula is C18H27FN4O2. The van der Waals surface area contributed by atoms with Crippen LogP contribution in [0, 0.1) is 5.82 Å². The van der Waals surface area contributed by atoms with Crippen molar-refractivity contribution in [2.24, 2.45) is 4.99 Å². The number of hydrogen-bond acceptors (Lipinski definition) is 3. The lowest BCUT2D eigenvalue weighted by molar-refractivity contribution is -0.145. The fourth-order valence-electron chi connectivity index (χ4n) is 3.49. The SMILES string of the molecule is CN=C(NCc1ccc(O)c(F)c1)N1CC(=O)N(C(C)C)C(C)(C)C1. The number of halogens is 1. The first-order valence-electron chi connectivity index (χ1n) is 8.41. The zero-order chi connectivity index (χ0) is 18.8. The normalized spacial score (nSPS) is 18.0. The van der Waals surface area contributed by atoms with Gasteiger partial charge in [0.25, 0.3) is 0 Å². The number of nitrogens with one attached hydrogen (secondary N) is 1. The van der Waals surface area contributed by atoms with E-state index in [-0.39, 0.29) is 29.8 Å². The zero-order valence-electron chi connectivity index (χ0n) is 15.5. The molecule has 1 heterocycles. The van der Waals surface area contributed by atoms with Crippen LogP contribution < -0.4 is 5.32 Å². The number of phenolic OH excluding ortho intramolecular Hbond substituents is 1. The van der Waals surface area contributed by atoms with Crippen LogP contribution in [0.5, 0.6) is 5.75 Å². The number of phenols is 1. The molecule has 0 radical (unpaired) electrons. The summed E-state index contributed by atoms with van der Waals surface area (Å²) >= 11 is 0. The average molecular weight is 350 g/mol. The third-order valence-corrected chi connectivity index (χ3v) is 4.32. The molecule has 0 spiro atoms. The third kappa shape index (κ3) is 4.21. The number of carbonyl (C=O) groups is 1. The number of hydrogen-bond donors (Lipinski definition) is 2. The fraction of sp³-hybridized carbons (Fsp3) is 0.556. The quantitative estimate of drug-likeness (QED) is 0.646. The Morgan fingerprint density at radius 1 is 1.44 bits per heavy atom. The summed E-state index contributed by atoms with van der Waals surface area (Å²) in [5, 5.41) is 12.4. The summed E-state index contributed by atoms with van der Waals surface area (Å²) in [6.45, 7) is 9.37. The number of carbonyl (C=O) groups excluding carboxylic acids is 1. The molecule has 0 aromatic heterocycles. The van der Waals surface area contributed by atoms with Gasteiger partial charge in [0, 0.05) is 26.2 Å². The Morgan fingerprint density at radius 2 is 2.12 bits per heavy atom. The second kappa shape index (κ2) is 7.29. The van der Waals surface area contributed by atoms with E-state index in [0.717, 1.165) is 0 Å². The maximum Gasteiger partial charge on any atom is 0.242 e. The van der Waals surface area contributed by atoms with E-state index >= 15 is 0 Å². The lowest BCUT2D eigenvalue weighted by Crippen LogP contribution is -2.66. The number of piperazine rings is 1. The van der Waals surface area contributed by atoms with Gasteiger partial charge in [-0.25, -0.2) is 4.39 Å². The number of guanidine groups is 1. The van der Waals surface area contributed by atoms with E-state index in [1.807, 2.05) is 37.5 Å². The molecule has 2 rings (SSSR count). The van der Waals surface area contributed by atoms with E-state index in [2.05, 4.69) is 10.3 Å². The molecule has 1 amide bonds. The molecule has 25 heavy (non-hydrogen) atoms. The van der Waals surface area contributed by atoms with Crippen LogP contribution in [-0.2, 0) is 11.3 Å². The minimum Gasteiger partial charge on any atom is -0.505 e. The Morgan fingerprint density at radius 3 is 2.64 bits per heavy atom. The van der Waals surface area contributed by atoms with Crippen LogP contribution in [0.1, 0.15) is 33.3 Å². The molecule has 0 atom stereocenters. The first-order chi connectivity index (χ1) is 11.7. The summed E-state index contributed by atoms with van der Waals surface area (Å²) in [6, 6.07) is 4.38. The summed E-state index contributed by atoms with van der Waals surface area (Å²) < 4.78 is 13.4. The van der Waals surface area contributed by atoms with Crippen molar-refractivity contribution in [3.8, 4) is 5.75 Å². The number of nitrogens with zero attached hydrogens (tertiary/aromatic N) is 3. The Labute approximate surface area is 148 Å². The molecule has 1 aliphatic heterocycles. The highest BCUT2D eigenvalue weighted by molar-refractivity contribution is 5.88. The van der Waals surface area contributed by atoms with Crippen LogP contribution in [0.4, 0.5) is 4.39 Å². The monoisotopic (exact) mass is 350 g/mol. The predicted octanol–water partition coefficient (Wildman–Crippen LogP) is 1.94. The minimum atomic E-state index is -0.656. The van der Waals surface area contributed by atoms with Gasteiger partial charge in [-0.2, -0.15) is 0 Å². The average Bonchev–Trinajstić information content (AvgIpc) is 2.49. The fourth-order valence-corrected chi connectivity index (χ4v) is 3.49. The minimum absolute atomic E-state index is 0.0601. The zero-order valence-corrected chi connectivity index (χ0v) is 15.5. The van der Waals surface area contributed by atoms with E-state index in [9.17, 15) is 14.3 Å². The summed E-state index contributed by atoms with van der Waals surface area (Å²) in [5.41, 5.74) is 0.369. The number of aliphatic imine (C=N–C) groups is 1. The van der Waals surface area contributed by atoms with Crippen LogP contribution in [0.25, 0.3) is 0 Å². The highest BCUT2D eigenvalue weighted by Crippen LogP contribution is 2.24. The van der Waals surface area contributed by atoms with Gasteiger partial charge >= 0.3 is 0 Å². The van der Waals surface area contributed by atoms with Crippen LogP contribution in [-0.4, -0.2) is 58.5 Å². The van der Waals surface area contributed by atoms with Crippen molar-refractivity contribution < 1.29 is 14.3 Å². The predicted molar refractivity (Wildman–Crippen MR) is 95.9 cm³/mol. The van der Waals surface area contributed by atoms with E-state index in [4.69, 9.17) is 0 Å². The number of rotatable bonds is 3. The first kappa shape index (κ1) is 19.0. The summed E-state index contributed by atoms with van der Waals surface area (Å²) in [7, 11) is 1.66. The highest BCUT2D eigenvalue weighted by atomic mass is 19.1. The standard InChI is InChI=1S/C18H27FN4O2/c1-12(2)23-16(25)10-22(11-18(23,3)4)17(20-5)21-9-13-6-7-15(24)14(19)8-13/h6-8,12,24H,9-11H2,1-5H3,(H,20,21). The van der Waals surface area contributed by atoms with Crippen LogP contribution in [0.3, 0.4) is 0 Å². The van der Waals surface area contributed by atoms with Gasteiger partial charge in [0.05, 0.1) is 12.1 Å². The van der Waals surface area contributed by atoms with Gasteiger partial charge in [-0.05, 0) is 45.4 Å². The van der Waals surface area contributed by atoms with Crippen molar-refractivity contribution in [3.05, 3.63) is 29.6 Å². The van der Waals surface area contributed by atoms with Gasteiger partial charge in [0.1, 0.15) is 0 Å². The summed E-state index contributed by atoms with van der Waals surface area (Å²) in [5.74, 6) is -0.371. The van der Waals surface area contributed by atoms with Crippen LogP contribution >= 0.6 is 0 Å². The van der Waals surface area contributed by atoms with Gasteiger partial charge in [0.15, 0.2) is 17.5 Å². The van der Waals surface area contributed by atoms with Crippen molar-refractivity contribution in [2.45, 2.75) is 45.8 Å². The van der Waals surface area contributed by atoms with Crippen LogP contribution in [0.2, 0.25) is 0 Å². The van der Waals surface area contributed by atoms with Crippen molar-refractivity contribution in [1.82, 2.24) is 15.1 Å². The highest BCUT2D eigenvalue weighted by Gasteiger charge is 2.40. The molecular weight excluding hydrogens is 323 g/mol. The number of aromatic hydroxyl groups is 1. The largest absolute Gasteiger partial charge is 0.505 e. The molecule has 1 aliphatic rings. The van der Waals surface area contributed by atoms with Crippen molar-refractivity contribution >= 4 is 11.9 Å². The smallest absolute Gasteiger partial charge is 0.242 e. The molecule has 138 valence electrons. The van der Waals surface area contributed by atoms with Gasteiger partial charge in [-0.15, -0.1) is 0 Å². The Hall–Kier alpha value is -2.31. The maximum atomic E-state index is 13.4. The van der Waals surface area contributed by atoms with Gasteiger partial charge < -0.3 is 20.2 Å². The number of amides is 1. The van der Waals surface area contributed by atoms with E-state index in [0.29, 0.717) is 24.6 Å². The topological polar surface area (TPSA) is 68.2 Å². The lowest BCUT2D eigenvalue weighted by Gasteiger charge is -2.49. The molecule has 0 saturated carbocycles. The van der Waals surface area contributed by atoms with E-state index in [1.54, 1.807) is 13.1 Å². The molecule has 1 aromatic rings. The number of benzene rings is 1. The molecule has 1 aromatic carbocycles. The molecule has 0 bridgehead atoms. The van der Waals surface area contributed by atoms with Gasteiger partial charge in [-0.3, -0.25) is 9.79 Å². The molecule has 0 aliphatic carbocycles. The molecule has 7 heteroatoms. The Bertz CT molecular complexity index is 673.